The standard InChI is InChI=1S/2C8H12N2O5.2Ni.7H2O/c2*11-6-3-9(4-7(12)13)1-2-10(6)5-8(14)15;;;;;;;;;/h2*1-5H2,(H,12,13)(H,14,15);;;7*1H2/q;;2*+3;;;;;;;/p+2. The van der Waals surface area contributed by atoms with E-state index in [0.717, 1.165) is 9.80 Å². The Morgan fingerprint density at radius 1 is 0.513 bits per heavy atom. The molecule has 238 valence electrons. The summed E-state index contributed by atoms with van der Waals surface area (Å²) in [5, 5.41) is 41.0. The van der Waals surface area contributed by atoms with E-state index in [1.54, 1.807) is 0 Å². The van der Waals surface area contributed by atoms with E-state index in [1.165, 1.54) is 9.80 Å². The summed E-state index contributed by atoms with van der Waals surface area (Å²) in [6.07, 6.45) is 0. The van der Waals surface area contributed by atoms with Gasteiger partial charge >= 0.3 is 33.0 Å². The number of carbonyl (C=O) groups is 6. The molecule has 2 saturated heterocycles. The van der Waals surface area contributed by atoms with Crippen LogP contribution in [0.15, 0.2) is 0 Å². The molecule has 20 N–H and O–H groups in total. The molecule has 0 aromatic rings. The third-order valence-electron chi connectivity index (χ3n) is 4.14. The van der Waals surface area contributed by atoms with Crippen LogP contribution in [0, 0.1) is 0 Å². The van der Waals surface area contributed by atoms with Gasteiger partial charge in [-0.25, -0.2) is 0 Å². The van der Waals surface area contributed by atoms with Crippen LogP contribution in [0.2, 0.25) is 0 Å². The number of carboxylic acid groups (broad SMARTS) is 4. The van der Waals surface area contributed by atoms with Gasteiger partial charge < -0.3 is 87.7 Å². The van der Waals surface area contributed by atoms with Crippen molar-refractivity contribution in [2.24, 2.45) is 0 Å². The van der Waals surface area contributed by atoms with E-state index < -0.39 is 48.8 Å². The number of rotatable bonds is 8. The van der Waals surface area contributed by atoms with Crippen molar-refractivity contribution in [3.63, 3.8) is 0 Å². The van der Waals surface area contributed by atoms with Gasteiger partial charge in [-0.3, -0.25) is 19.4 Å². The van der Waals surface area contributed by atoms with Crippen molar-refractivity contribution in [1.82, 2.24) is 19.6 Å². The van der Waals surface area contributed by atoms with Crippen molar-refractivity contribution in [2.45, 2.75) is 0 Å². The molecule has 21 nitrogen and oxygen atoms in total. The van der Waals surface area contributed by atoms with Crippen molar-refractivity contribution < 1.29 is 121 Å². The molecular weight excluding hydrogens is 638 g/mol. The summed E-state index contributed by atoms with van der Waals surface area (Å²) in [7, 11) is 0. The van der Waals surface area contributed by atoms with Crippen LogP contribution in [0.4, 0.5) is 0 Å². The van der Waals surface area contributed by atoms with E-state index in [9.17, 15) is 49.2 Å². The van der Waals surface area contributed by atoms with Gasteiger partial charge in [-0.15, -0.1) is 0 Å². The van der Waals surface area contributed by atoms with Crippen molar-refractivity contribution in [3.8, 4) is 0 Å². The molecule has 0 spiro atoms. The first-order chi connectivity index (χ1) is 14.0. The minimum absolute atomic E-state index is 0. The smallest absolute Gasteiger partial charge is 0.549 e. The van der Waals surface area contributed by atoms with Crippen LogP contribution < -0.4 is 20.4 Å². The number of carboxylic acids is 4. The minimum Gasteiger partial charge on any atom is -0.549 e. The van der Waals surface area contributed by atoms with Crippen LogP contribution in [0.5, 0.6) is 0 Å². The van der Waals surface area contributed by atoms with Crippen LogP contribution >= 0.6 is 0 Å². The van der Waals surface area contributed by atoms with Gasteiger partial charge in [0.25, 0.3) is 0 Å². The van der Waals surface area contributed by atoms with E-state index in [-0.39, 0.29) is 111 Å². The molecule has 0 aromatic carbocycles. The summed E-state index contributed by atoms with van der Waals surface area (Å²) in [4.78, 5) is 68.6. The molecule has 0 bridgehead atoms. The van der Waals surface area contributed by atoms with Crippen LogP contribution in [-0.2, 0) is 94.6 Å². The Bertz CT molecular complexity index is 660. The summed E-state index contributed by atoms with van der Waals surface area (Å²) < 4.78 is 0. The van der Waals surface area contributed by atoms with E-state index in [4.69, 9.17) is 0 Å². The number of amides is 2. The maximum atomic E-state index is 11.3. The van der Waals surface area contributed by atoms with E-state index >= 15 is 0 Å². The minimum atomic E-state index is -1.32. The molecule has 0 aliphatic carbocycles. The van der Waals surface area contributed by atoms with Crippen molar-refractivity contribution >= 4 is 35.7 Å². The number of hydrogen-bond acceptors (Lipinski definition) is 12. The molecule has 0 atom stereocenters. The fraction of sp³-hybridized carbons (Fsp3) is 0.625. The SMILES string of the molecule is O.O=C([O-])CN1CCN(CC(=O)[O-])C(=O)C1.O=C([O-])CN1CCN(CC(=O)[O-])C(=O)C1.[Ni+3].[Ni+3].[OH3+].[OH3+].[OH3+].[OH3+].[OH3+].[OH3+]. The molecular formula is C16H40N4Ni2O17+8. The zero-order valence-electron chi connectivity index (χ0n) is 20.5. The van der Waals surface area contributed by atoms with Gasteiger partial charge in [0.2, 0.25) is 11.8 Å². The van der Waals surface area contributed by atoms with Crippen LogP contribution in [-0.4, -0.2) is 126 Å². The summed E-state index contributed by atoms with van der Waals surface area (Å²) in [6, 6.07) is 0. The quantitative estimate of drug-likeness (QED) is 0.171. The summed E-state index contributed by atoms with van der Waals surface area (Å²) in [5.41, 5.74) is 0. The largest absolute Gasteiger partial charge is 3.00 e. The van der Waals surface area contributed by atoms with Crippen LogP contribution in [0.1, 0.15) is 0 Å². The second kappa shape index (κ2) is 30.0. The zero-order chi connectivity index (χ0) is 22.8. The van der Waals surface area contributed by atoms with Gasteiger partial charge in [0, 0.05) is 39.3 Å². The van der Waals surface area contributed by atoms with Crippen LogP contribution in [0.3, 0.4) is 0 Å². The predicted molar refractivity (Wildman–Crippen MR) is 119 cm³/mol. The van der Waals surface area contributed by atoms with E-state index in [1.807, 2.05) is 0 Å². The predicted octanol–water partition coefficient (Wildman–Crippen LogP) is -15.1. The molecule has 23 heteroatoms. The molecule has 0 saturated carbocycles. The maximum absolute atomic E-state index is 11.3. The number of piperazine rings is 2. The zero-order valence-corrected chi connectivity index (χ0v) is 22.5. The molecule has 39 heavy (non-hydrogen) atoms. The van der Waals surface area contributed by atoms with Crippen molar-refractivity contribution in [1.29, 1.82) is 0 Å². The molecule has 2 fully saturated rings. The molecule has 2 aliphatic heterocycles. The number of carbonyl (C=O) groups excluding carboxylic acids is 6. The first-order valence-electron chi connectivity index (χ1n) is 8.77. The normalized spacial score (nSPS) is 13.7. The summed E-state index contributed by atoms with van der Waals surface area (Å²) in [6.45, 7) is -0.672. The molecule has 0 unspecified atom stereocenters. The number of hydrogen-bond donors (Lipinski definition) is 0. The molecule has 2 aliphatic rings. The van der Waals surface area contributed by atoms with Gasteiger partial charge in [-0.05, 0) is 0 Å². The van der Waals surface area contributed by atoms with E-state index in [0.29, 0.717) is 13.1 Å². The number of nitrogens with zero attached hydrogens (tertiary/aromatic N) is 4. The van der Waals surface area contributed by atoms with Gasteiger partial charge in [-0.2, -0.15) is 0 Å². The van der Waals surface area contributed by atoms with Gasteiger partial charge in [0.15, 0.2) is 0 Å². The Balaban J connectivity index is -0.0000000536. The van der Waals surface area contributed by atoms with Crippen LogP contribution in [0.25, 0.3) is 0 Å². The molecule has 2 radical (unpaired) electrons. The monoisotopic (exact) mass is 676 g/mol. The molecule has 0 aromatic heterocycles. The summed E-state index contributed by atoms with van der Waals surface area (Å²) >= 11 is 0. The van der Waals surface area contributed by atoms with Gasteiger partial charge in [0.1, 0.15) is 0 Å². The van der Waals surface area contributed by atoms with Gasteiger partial charge in [0.05, 0.1) is 50.1 Å². The first kappa shape index (κ1) is 60.8. The Labute approximate surface area is 241 Å². The Hall–Kier alpha value is -2.55. The maximum Gasteiger partial charge on any atom is 3.00 e. The molecule has 2 rings (SSSR count). The Morgan fingerprint density at radius 3 is 0.923 bits per heavy atom. The third kappa shape index (κ3) is 25.5. The summed E-state index contributed by atoms with van der Waals surface area (Å²) in [5.74, 6) is -5.97. The molecule has 2 heterocycles. The van der Waals surface area contributed by atoms with Crippen molar-refractivity contribution in [2.75, 3.05) is 65.4 Å². The second-order valence-electron chi connectivity index (χ2n) is 6.54. The third-order valence-corrected chi connectivity index (χ3v) is 4.14. The van der Waals surface area contributed by atoms with Crippen molar-refractivity contribution in [3.05, 3.63) is 0 Å². The topological polar surface area (TPSA) is 437 Å². The Morgan fingerprint density at radius 2 is 0.744 bits per heavy atom. The van der Waals surface area contributed by atoms with E-state index in [2.05, 4.69) is 0 Å². The Kier molecular flexibility index (Phi) is 46.8. The van der Waals surface area contributed by atoms with Gasteiger partial charge in [-0.1, -0.05) is 0 Å². The molecule has 2 amide bonds. The fourth-order valence-electron chi connectivity index (χ4n) is 2.80. The number of aliphatic carboxylic acids is 4. The first-order valence-corrected chi connectivity index (χ1v) is 8.77. The average Bonchev–Trinajstić information content (AvgIpc) is 2.59. The second-order valence-corrected chi connectivity index (χ2v) is 6.54. The average molecular weight is 678 g/mol. The fourth-order valence-corrected chi connectivity index (χ4v) is 2.80.